The fraction of sp³-hybridized carbons (Fsp3) is 0.467. The van der Waals surface area contributed by atoms with Crippen LogP contribution in [0.2, 0.25) is 0 Å². The van der Waals surface area contributed by atoms with Crippen LogP contribution in [0.4, 0.5) is 5.69 Å². The summed E-state index contributed by atoms with van der Waals surface area (Å²) < 4.78 is 0. The van der Waals surface area contributed by atoms with E-state index in [0.717, 1.165) is 19.3 Å². The van der Waals surface area contributed by atoms with E-state index in [1.54, 1.807) is 24.3 Å². The summed E-state index contributed by atoms with van der Waals surface area (Å²) in [7, 11) is 0. The molecule has 1 aromatic carbocycles. The van der Waals surface area contributed by atoms with Gasteiger partial charge in [-0.05, 0) is 43.0 Å². The lowest BCUT2D eigenvalue weighted by Crippen LogP contribution is -2.29. The third kappa shape index (κ3) is 3.57. The Hall–Kier alpha value is -1.88. The first-order chi connectivity index (χ1) is 9.60. The maximum absolute atomic E-state index is 12.2. The third-order valence-corrected chi connectivity index (χ3v) is 3.85. The van der Waals surface area contributed by atoms with Crippen molar-refractivity contribution in [2.75, 3.05) is 11.9 Å². The van der Waals surface area contributed by atoms with Gasteiger partial charge in [0, 0.05) is 11.6 Å². The molecule has 0 bridgehead atoms. The van der Waals surface area contributed by atoms with Crippen LogP contribution in [0, 0.1) is 11.8 Å². The van der Waals surface area contributed by atoms with E-state index in [2.05, 4.69) is 5.32 Å². The van der Waals surface area contributed by atoms with Gasteiger partial charge in [-0.1, -0.05) is 18.6 Å². The van der Waals surface area contributed by atoms with Crippen molar-refractivity contribution >= 4 is 17.6 Å². The van der Waals surface area contributed by atoms with Crippen LogP contribution in [-0.4, -0.2) is 23.5 Å². The van der Waals surface area contributed by atoms with Gasteiger partial charge in [0.25, 0.3) is 0 Å². The SMILES string of the molecule is NCC1CCCC1C(=O)Nc1cccc(CC(=O)O)c1. The number of carboxylic acid groups (broad SMARTS) is 1. The summed E-state index contributed by atoms with van der Waals surface area (Å²) in [5.41, 5.74) is 7.02. The first-order valence-electron chi connectivity index (χ1n) is 6.92. The maximum Gasteiger partial charge on any atom is 0.307 e. The van der Waals surface area contributed by atoms with Crippen LogP contribution in [0.25, 0.3) is 0 Å². The Balaban J connectivity index is 2.02. The summed E-state index contributed by atoms with van der Waals surface area (Å²) in [5, 5.41) is 11.7. The van der Waals surface area contributed by atoms with Crippen LogP contribution in [0.1, 0.15) is 24.8 Å². The molecule has 5 nitrogen and oxygen atoms in total. The average molecular weight is 276 g/mol. The van der Waals surface area contributed by atoms with Gasteiger partial charge in [0.2, 0.25) is 5.91 Å². The lowest BCUT2D eigenvalue weighted by molar-refractivity contribution is -0.136. The van der Waals surface area contributed by atoms with E-state index >= 15 is 0 Å². The Bertz CT molecular complexity index is 502. The summed E-state index contributed by atoms with van der Waals surface area (Å²) in [5.74, 6) is -0.654. The number of amides is 1. The van der Waals surface area contributed by atoms with Crippen molar-refractivity contribution in [3.8, 4) is 0 Å². The number of hydrogen-bond acceptors (Lipinski definition) is 3. The van der Waals surface area contributed by atoms with Crippen molar-refractivity contribution in [3.05, 3.63) is 29.8 Å². The molecule has 1 aliphatic carbocycles. The van der Waals surface area contributed by atoms with Gasteiger partial charge < -0.3 is 16.2 Å². The summed E-state index contributed by atoms with van der Waals surface area (Å²) in [4.78, 5) is 22.9. The van der Waals surface area contributed by atoms with Crippen molar-refractivity contribution in [1.29, 1.82) is 0 Å². The average Bonchev–Trinajstić information content (AvgIpc) is 2.86. The summed E-state index contributed by atoms with van der Waals surface area (Å²) >= 11 is 0. The minimum Gasteiger partial charge on any atom is -0.481 e. The van der Waals surface area contributed by atoms with Gasteiger partial charge in [0.1, 0.15) is 0 Å². The van der Waals surface area contributed by atoms with Crippen LogP contribution in [-0.2, 0) is 16.0 Å². The lowest BCUT2D eigenvalue weighted by atomic mass is 9.95. The second kappa shape index (κ2) is 6.52. The van der Waals surface area contributed by atoms with Gasteiger partial charge in [-0.15, -0.1) is 0 Å². The van der Waals surface area contributed by atoms with Crippen LogP contribution in [0.5, 0.6) is 0 Å². The monoisotopic (exact) mass is 276 g/mol. The highest BCUT2D eigenvalue weighted by Crippen LogP contribution is 2.31. The summed E-state index contributed by atoms with van der Waals surface area (Å²) in [6, 6.07) is 6.97. The molecule has 2 atom stereocenters. The molecule has 0 heterocycles. The Labute approximate surface area is 118 Å². The van der Waals surface area contributed by atoms with Gasteiger partial charge in [-0.3, -0.25) is 9.59 Å². The van der Waals surface area contributed by atoms with E-state index in [4.69, 9.17) is 10.8 Å². The Kier molecular flexibility index (Phi) is 4.74. The van der Waals surface area contributed by atoms with Crippen LogP contribution in [0.15, 0.2) is 24.3 Å². The van der Waals surface area contributed by atoms with Crippen LogP contribution < -0.4 is 11.1 Å². The molecule has 0 aliphatic heterocycles. The zero-order chi connectivity index (χ0) is 14.5. The second-order valence-corrected chi connectivity index (χ2v) is 5.29. The van der Waals surface area contributed by atoms with Crippen molar-refractivity contribution < 1.29 is 14.7 Å². The van der Waals surface area contributed by atoms with Crippen molar-refractivity contribution in [1.82, 2.24) is 0 Å². The largest absolute Gasteiger partial charge is 0.481 e. The molecule has 4 N–H and O–H groups in total. The minimum absolute atomic E-state index is 0.00887. The standard InChI is InChI=1S/C15H20N2O3/c16-9-11-4-2-6-13(11)15(20)17-12-5-1-3-10(7-12)8-14(18)19/h1,3,5,7,11,13H,2,4,6,8-9,16H2,(H,17,20)(H,18,19). The summed E-state index contributed by atoms with van der Waals surface area (Å²) in [6.07, 6.45) is 2.88. The fourth-order valence-corrected chi connectivity index (χ4v) is 2.83. The molecule has 108 valence electrons. The van der Waals surface area contributed by atoms with Crippen molar-refractivity contribution in [2.24, 2.45) is 17.6 Å². The predicted octanol–water partition coefficient (Wildman–Crippen LogP) is 1.63. The zero-order valence-electron chi connectivity index (χ0n) is 11.3. The van der Waals surface area contributed by atoms with E-state index in [-0.39, 0.29) is 24.2 Å². The molecule has 1 fully saturated rings. The number of hydrogen-bond donors (Lipinski definition) is 3. The number of rotatable bonds is 5. The highest BCUT2D eigenvalue weighted by Gasteiger charge is 2.31. The highest BCUT2D eigenvalue weighted by molar-refractivity contribution is 5.93. The van der Waals surface area contributed by atoms with E-state index < -0.39 is 5.97 Å². The Morgan fingerprint density at radius 1 is 1.35 bits per heavy atom. The molecule has 2 rings (SSSR count). The quantitative estimate of drug-likeness (QED) is 0.762. The predicted molar refractivity (Wildman–Crippen MR) is 76.3 cm³/mol. The molecule has 20 heavy (non-hydrogen) atoms. The third-order valence-electron chi connectivity index (χ3n) is 3.85. The number of carbonyl (C=O) groups excluding carboxylic acids is 1. The highest BCUT2D eigenvalue weighted by atomic mass is 16.4. The van der Waals surface area contributed by atoms with E-state index in [0.29, 0.717) is 17.8 Å². The number of carbonyl (C=O) groups is 2. The fourth-order valence-electron chi connectivity index (χ4n) is 2.83. The molecule has 0 radical (unpaired) electrons. The normalized spacial score (nSPS) is 21.6. The van der Waals surface area contributed by atoms with Gasteiger partial charge in [0.05, 0.1) is 6.42 Å². The molecule has 1 aliphatic rings. The van der Waals surface area contributed by atoms with E-state index in [1.165, 1.54) is 0 Å². The molecular weight excluding hydrogens is 256 g/mol. The molecule has 0 aromatic heterocycles. The lowest BCUT2D eigenvalue weighted by Gasteiger charge is -2.17. The van der Waals surface area contributed by atoms with E-state index in [9.17, 15) is 9.59 Å². The number of aliphatic carboxylic acids is 1. The van der Waals surface area contributed by atoms with Gasteiger partial charge in [-0.25, -0.2) is 0 Å². The van der Waals surface area contributed by atoms with E-state index in [1.807, 2.05) is 0 Å². The van der Waals surface area contributed by atoms with Crippen molar-refractivity contribution in [3.63, 3.8) is 0 Å². The molecular formula is C15H20N2O3. The zero-order valence-corrected chi connectivity index (χ0v) is 11.3. The molecule has 5 heteroatoms. The number of benzene rings is 1. The van der Waals surface area contributed by atoms with Gasteiger partial charge in [0.15, 0.2) is 0 Å². The molecule has 1 aromatic rings. The molecule has 0 spiro atoms. The number of nitrogens with two attached hydrogens (primary N) is 1. The van der Waals surface area contributed by atoms with Crippen LogP contribution in [0.3, 0.4) is 0 Å². The molecule has 1 amide bonds. The topological polar surface area (TPSA) is 92.4 Å². The second-order valence-electron chi connectivity index (χ2n) is 5.29. The van der Waals surface area contributed by atoms with Gasteiger partial charge >= 0.3 is 5.97 Å². The van der Waals surface area contributed by atoms with Gasteiger partial charge in [-0.2, -0.15) is 0 Å². The summed E-state index contributed by atoms with van der Waals surface area (Å²) in [6.45, 7) is 0.539. The number of nitrogens with one attached hydrogen (secondary N) is 1. The first kappa shape index (κ1) is 14.5. The smallest absolute Gasteiger partial charge is 0.307 e. The minimum atomic E-state index is -0.882. The first-order valence-corrected chi connectivity index (χ1v) is 6.92. The van der Waals surface area contributed by atoms with Crippen LogP contribution >= 0.6 is 0 Å². The van der Waals surface area contributed by atoms with Crippen molar-refractivity contribution in [2.45, 2.75) is 25.7 Å². The molecule has 0 saturated heterocycles. The molecule has 2 unspecified atom stereocenters. The number of anilines is 1. The Morgan fingerprint density at radius 3 is 2.85 bits per heavy atom. The molecule has 1 saturated carbocycles. The Morgan fingerprint density at radius 2 is 2.15 bits per heavy atom. The maximum atomic E-state index is 12.2. The number of carboxylic acids is 1.